The molecule has 9 heteroatoms. The summed E-state index contributed by atoms with van der Waals surface area (Å²) in [5.41, 5.74) is 1.17. The van der Waals surface area contributed by atoms with E-state index in [4.69, 9.17) is 0 Å². The molecule has 0 aliphatic rings. The Balaban J connectivity index is 2.26. The summed E-state index contributed by atoms with van der Waals surface area (Å²) in [5, 5.41) is 6.45. The lowest BCUT2D eigenvalue weighted by molar-refractivity contribution is 0.509. The maximum Gasteiger partial charge on any atom is 0.227 e. The molecule has 1 heterocycles. The van der Waals surface area contributed by atoms with Crippen molar-refractivity contribution < 1.29 is 8.78 Å². The van der Waals surface area contributed by atoms with E-state index >= 15 is 0 Å². The Morgan fingerprint density at radius 3 is 2.62 bits per heavy atom. The van der Waals surface area contributed by atoms with Crippen molar-refractivity contribution in [1.82, 2.24) is 20.0 Å². The molecule has 0 unspecified atom stereocenters. The van der Waals surface area contributed by atoms with Gasteiger partial charge in [-0.1, -0.05) is 18.0 Å². The maximum atomic E-state index is 13.8. The zero-order valence-corrected chi connectivity index (χ0v) is 18.2. The summed E-state index contributed by atoms with van der Waals surface area (Å²) in [6.45, 7) is 9.22. The monoisotopic (exact) mass is 424 g/mol. The Bertz CT molecular complexity index is 775. The van der Waals surface area contributed by atoms with Gasteiger partial charge < -0.3 is 15.5 Å². The molecule has 0 saturated carbocycles. The molecule has 0 aliphatic carbocycles. The van der Waals surface area contributed by atoms with Crippen molar-refractivity contribution in [2.45, 2.75) is 26.8 Å². The Kier molecular flexibility index (Phi) is 9.56. The van der Waals surface area contributed by atoms with Crippen LogP contribution in [-0.2, 0) is 0 Å². The fraction of sp³-hybridized carbons (Fsp3) is 0.500. The molecule has 0 atom stereocenters. The van der Waals surface area contributed by atoms with Crippen LogP contribution in [0.1, 0.15) is 20.8 Å². The van der Waals surface area contributed by atoms with Gasteiger partial charge >= 0.3 is 0 Å². The molecule has 1 aromatic carbocycles. The molecule has 6 nitrogen and oxygen atoms in total. The van der Waals surface area contributed by atoms with Gasteiger partial charge in [0.15, 0.2) is 11.6 Å². The number of aromatic nitrogens is 2. The Morgan fingerprint density at radius 2 is 1.97 bits per heavy atom. The molecule has 0 radical (unpaired) electrons. The van der Waals surface area contributed by atoms with Gasteiger partial charge in [0.1, 0.15) is 5.82 Å². The lowest BCUT2D eigenvalue weighted by Gasteiger charge is -2.22. The van der Waals surface area contributed by atoms with Crippen molar-refractivity contribution in [3.63, 3.8) is 0 Å². The molecule has 2 aromatic rings. The first-order chi connectivity index (χ1) is 14.0. The zero-order valence-electron chi connectivity index (χ0n) is 17.4. The number of anilines is 2. The molecule has 0 spiro atoms. The Hall–Kier alpha value is -1.97. The van der Waals surface area contributed by atoms with Gasteiger partial charge in [-0.25, -0.2) is 13.8 Å². The highest BCUT2D eigenvalue weighted by Gasteiger charge is 2.14. The average Bonchev–Trinajstić information content (AvgIpc) is 2.70. The van der Waals surface area contributed by atoms with E-state index in [1.54, 1.807) is 18.1 Å². The van der Waals surface area contributed by atoms with Crippen LogP contribution < -0.4 is 20.3 Å². The fourth-order valence-electron chi connectivity index (χ4n) is 2.63. The molecule has 3 N–H and O–H groups in total. The van der Waals surface area contributed by atoms with Crippen LogP contribution in [0.5, 0.6) is 0 Å². The van der Waals surface area contributed by atoms with Crippen molar-refractivity contribution in [2.24, 2.45) is 0 Å². The molecule has 2 rings (SSSR count). The van der Waals surface area contributed by atoms with Crippen molar-refractivity contribution in [3.05, 3.63) is 36.0 Å². The van der Waals surface area contributed by atoms with Crippen molar-refractivity contribution in [2.75, 3.05) is 49.2 Å². The molecule has 1 aromatic heterocycles. The van der Waals surface area contributed by atoms with E-state index in [0.717, 1.165) is 31.5 Å². The molecule has 0 saturated heterocycles. The van der Waals surface area contributed by atoms with Crippen LogP contribution in [-0.4, -0.2) is 55.0 Å². The van der Waals surface area contributed by atoms with E-state index in [1.165, 1.54) is 12.1 Å². The summed E-state index contributed by atoms with van der Waals surface area (Å²) in [6.07, 6.45) is 1.67. The SMILES string of the molecule is CCN(CCNC)c1ncc(-c2ccc(F)c(F)c2)c(NCCSNC(C)C)n1. The van der Waals surface area contributed by atoms with Gasteiger partial charge in [-0.3, -0.25) is 4.72 Å². The Morgan fingerprint density at radius 1 is 1.17 bits per heavy atom. The minimum absolute atomic E-state index is 0.397. The smallest absolute Gasteiger partial charge is 0.227 e. The summed E-state index contributed by atoms with van der Waals surface area (Å²) < 4.78 is 30.4. The number of rotatable bonds is 12. The third-order valence-corrected chi connectivity index (χ3v) is 5.16. The van der Waals surface area contributed by atoms with Crippen LogP contribution in [0.2, 0.25) is 0 Å². The minimum atomic E-state index is -0.890. The van der Waals surface area contributed by atoms with E-state index in [9.17, 15) is 8.78 Å². The first-order valence-corrected chi connectivity index (χ1v) is 10.8. The second kappa shape index (κ2) is 11.9. The van der Waals surface area contributed by atoms with Crippen LogP contribution in [0.15, 0.2) is 24.4 Å². The number of hydrogen-bond acceptors (Lipinski definition) is 7. The molecule has 0 fully saturated rings. The van der Waals surface area contributed by atoms with Gasteiger partial charge in [-0.15, -0.1) is 0 Å². The first kappa shape index (κ1) is 23.3. The standard InChI is InChI=1S/C20H30F2N6S/c1-5-28(10-8-23-4)20-25-13-16(15-6-7-17(21)18(22)12-15)19(26-20)24-9-11-29-27-14(2)3/h6-7,12-14,23,27H,5,8-11H2,1-4H3,(H,24,25,26). The number of benzene rings is 1. The lowest BCUT2D eigenvalue weighted by atomic mass is 10.1. The van der Waals surface area contributed by atoms with Gasteiger partial charge in [-0.2, -0.15) is 4.98 Å². The van der Waals surface area contributed by atoms with Gasteiger partial charge in [0.2, 0.25) is 5.95 Å². The zero-order chi connectivity index (χ0) is 21.2. The van der Waals surface area contributed by atoms with Crippen molar-refractivity contribution in [3.8, 4) is 11.1 Å². The number of likely N-dealkylation sites (N-methyl/N-ethyl adjacent to an activating group) is 2. The molecular weight excluding hydrogens is 394 g/mol. The van der Waals surface area contributed by atoms with Crippen LogP contribution in [0.25, 0.3) is 11.1 Å². The van der Waals surface area contributed by atoms with Crippen molar-refractivity contribution in [1.29, 1.82) is 0 Å². The topological polar surface area (TPSA) is 65.1 Å². The minimum Gasteiger partial charge on any atom is -0.369 e. The quantitative estimate of drug-likeness (QED) is 0.356. The van der Waals surface area contributed by atoms with E-state index < -0.39 is 11.6 Å². The van der Waals surface area contributed by atoms with Crippen LogP contribution in [0.4, 0.5) is 20.5 Å². The maximum absolute atomic E-state index is 13.8. The highest BCUT2D eigenvalue weighted by Crippen LogP contribution is 2.28. The predicted octanol–water partition coefficient (Wildman–Crippen LogP) is 3.53. The number of nitrogens with zero attached hydrogens (tertiary/aromatic N) is 3. The van der Waals surface area contributed by atoms with Crippen LogP contribution >= 0.6 is 11.9 Å². The molecule has 0 bridgehead atoms. The largest absolute Gasteiger partial charge is 0.369 e. The highest BCUT2D eigenvalue weighted by atomic mass is 32.2. The summed E-state index contributed by atoms with van der Waals surface area (Å²) in [6, 6.07) is 4.23. The van der Waals surface area contributed by atoms with Gasteiger partial charge in [0, 0.05) is 49.7 Å². The summed E-state index contributed by atoms with van der Waals surface area (Å²) in [7, 11) is 1.90. The molecule has 160 valence electrons. The van der Waals surface area contributed by atoms with E-state index in [-0.39, 0.29) is 0 Å². The number of hydrogen-bond donors (Lipinski definition) is 3. The molecule has 29 heavy (non-hydrogen) atoms. The van der Waals surface area contributed by atoms with Gasteiger partial charge in [0.05, 0.1) is 0 Å². The first-order valence-electron chi connectivity index (χ1n) is 9.79. The molecular formula is C20H30F2N6S. The third kappa shape index (κ3) is 7.09. The lowest BCUT2D eigenvalue weighted by Crippen LogP contribution is -2.32. The summed E-state index contributed by atoms with van der Waals surface area (Å²) in [5.74, 6) is 0.268. The highest BCUT2D eigenvalue weighted by molar-refractivity contribution is 7.97. The summed E-state index contributed by atoms with van der Waals surface area (Å²) in [4.78, 5) is 11.2. The molecule has 0 aliphatic heterocycles. The second-order valence-corrected chi connectivity index (χ2v) is 7.72. The fourth-order valence-corrected chi connectivity index (χ4v) is 3.28. The Labute approximate surface area is 176 Å². The van der Waals surface area contributed by atoms with Gasteiger partial charge in [0.25, 0.3) is 0 Å². The van der Waals surface area contributed by atoms with E-state index in [2.05, 4.69) is 44.1 Å². The van der Waals surface area contributed by atoms with Gasteiger partial charge in [-0.05, 0) is 45.5 Å². The third-order valence-electron chi connectivity index (χ3n) is 4.12. The summed E-state index contributed by atoms with van der Waals surface area (Å²) >= 11 is 1.63. The number of halogens is 2. The molecule has 0 amide bonds. The average molecular weight is 425 g/mol. The van der Waals surface area contributed by atoms with Crippen LogP contribution in [0, 0.1) is 11.6 Å². The predicted molar refractivity (Wildman–Crippen MR) is 118 cm³/mol. The second-order valence-electron chi connectivity index (χ2n) is 6.79. The number of nitrogens with one attached hydrogen (secondary N) is 3. The van der Waals surface area contributed by atoms with Crippen LogP contribution in [0.3, 0.4) is 0 Å². The normalized spacial score (nSPS) is 11.1. The van der Waals surface area contributed by atoms with E-state index in [1.807, 2.05) is 14.0 Å². The van der Waals surface area contributed by atoms with E-state index in [0.29, 0.717) is 35.5 Å². The van der Waals surface area contributed by atoms with Crippen molar-refractivity contribution >= 4 is 23.7 Å².